The van der Waals surface area contributed by atoms with Crippen molar-refractivity contribution in [2.24, 2.45) is 16.8 Å². The number of sulfonamides is 1. The van der Waals surface area contributed by atoms with Gasteiger partial charge in [0.05, 0.1) is 4.90 Å². The molecule has 1 aliphatic heterocycles. The summed E-state index contributed by atoms with van der Waals surface area (Å²) in [5.41, 5.74) is 0.987. The van der Waals surface area contributed by atoms with E-state index in [1.165, 1.54) is 16.7 Å². The molecule has 7 heteroatoms. The number of carbonyl (C=O) groups is 1. The maximum Gasteiger partial charge on any atom is 0.263 e. The molecule has 1 fully saturated rings. The molecule has 29 heavy (non-hydrogen) atoms. The Morgan fingerprint density at radius 3 is 2.24 bits per heavy atom. The Balaban J connectivity index is 1.88. The van der Waals surface area contributed by atoms with Crippen LogP contribution in [0.3, 0.4) is 0 Å². The summed E-state index contributed by atoms with van der Waals surface area (Å²) in [4.78, 5) is 17.6. The molecule has 3 rings (SSSR count). The van der Waals surface area contributed by atoms with Crippen molar-refractivity contribution in [3.05, 3.63) is 59.7 Å². The van der Waals surface area contributed by atoms with Crippen LogP contribution in [0.2, 0.25) is 0 Å². The number of hydrogen-bond acceptors (Lipinski definition) is 4. The van der Waals surface area contributed by atoms with E-state index >= 15 is 0 Å². The van der Waals surface area contributed by atoms with E-state index in [-0.39, 0.29) is 16.8 Å². The molecule has 2 unspecified atom stereocenters. The van der Waals surface area contributed by atoms with E-state index in [0.29, 0.717) is 36.0 Å². The van der Waals surface area contributed by atoms with Crippen LogP contribution in [-0.2, 0) is 10.0 Å². The van der Waals surface area contributed by atoms with Gasteiger partial charge in [0.15, 0.2) is 0 Å². The summed E-state index contributed by atoms with van der Waals surface area (Å²) in [7, 11) is -3.56. The van der Waals surface area contributed by atoms with Gasteiger partial charge in [-0.15, -0.1) is 0 Å². The second kappa shape index (κ2) is 8.63. The van der Waals surface area contributed by atoms with Crippen LogP contribution in [0.25, 0.3) is 0 Å². The normalized spacial score (nSPS) is 21.5. The number of benzene rings is 1. The van der Waals surface area contributed by atoms with Crippen LogP contribution in [0.5, 0.6) is 0 Å². The van der Waals surface area contributed by atoms with Crippen LogP contribution in [0.4, 0.5) is 0 Å². The van der Waals surface area contributed by atoms with Crippen LogP contribution >= 0.6 is 0 Å². The molecule has 0 radical (unpaired) electrons. The van der Waals surface area contributed by atoms with Crippen LogP contribution in [0, 0.1) is 11.8 Å². The van der Waals surface area contributed by atoms with E-state index in [2.05, 4.69) is 18.8 Å². The minimum absolute atomic E-state index is 0.0540. The Kier molecular flexibility index (Phi) is 6.39. The Bertz CT molecular complexity index is 1030. The van der Waals surface area contributed by atoms with Crippen molar-refractivity contribution >= 4 is 15.9 Å². The third kappa shape index (κ3) is 4.85. The lowest BCUT2D eigenvalue weighted by molar-refractivity contribution is 0.0954. The fourth-order valence-corrected chi connectivity index (χ4v) is 5.51. The summed E-state index contributed by atoms with van der Waals surface area (Å²) >= 11 is 0. The third-order valence-electron chi connectivity index (χ3n) is 5.02. The molecule has 0 aliphatic carbocycles. The molecule has 0 amide bonds. The molecule has 6 nitrogen and oxygen atoms in total. The molecule has 1 aliphatic rings. The number of aromatic nitrogens is 1. The first-order valence-electron chi connectivity index (χ1n) is 10.0. The molecular formula is C22H29N3O3S. The van der Waals surface area contributed by atoms with E-state index in [4.69, 9.17) is 0 Å². The van der Waals surface area contributed by atoms with E-state index in [0.717, 1.165) is 6.42 Å². The van der Waals surface area contributed by atoms with Gasteiger partial charge in [-0.3, -0.25) is 14.4 Å². The fraction of sp³-hybridized carbons (Fsp3) is 0.455. The molecule has 1 aromatic carbocycles. The van der Waals surface area contributed by atoms with Gasteiger partial charge in [0.1, 0.15) is 5.49 Å². The highest BCUT2D eigenvalue weighted by Gasteiger charge is 2.31. The molecule has 0 bridgehead atoms. The van der Waals surface area contributed by atoms with E-state index < -0.39 is 10.0 Å². The summed E-state index contributed by atoms with van der Waals surface area (Å²) in [6, 6.07) is 11.6. The van der Waals surface area contributed by atoms with Gasteiger partial charge >= 0.3 is 0 Å². The van der Waals surface area contributed by atoms with E-state index in [1.54, 1.807) is 34.8 Å². The number of piperidine rings is 1. The van der Waals surface area contributed by atoms with Crippen molar-refractivity contribution < 1.29 is 13.2 Å². The molecule has 0 N–H and O–H groups in total. The van der Waals surface area contributed by atoms with Crippen LogP contribution in [0.15, 0.2) is 58.5 Å². The lowest BCUT2D eigenvalue weighted by atomic mass is 9.94. The summed E-state index contributed by atoms with van der Waals surface area (Å²) in [5.74, 6) is 0.438. The van der Waals surface area contributed by atoms with Crippen LogP contribution < -0.4 is 5.49 Å². The average molecular weight is 416 g/mol. The van der Waals surface area contributed by atoms with Crippen molar-refractivity contribution in [1.29, 1.82) is 0 Å². The maximum atomic E-state index is 13.0. The van der Waals surface area contributed by atoms with E-state index in [9.17, 15) is 13.2 Å². The smallest absolute Gasteiger partial charge is 0.263 e. The van der Waals surface area contributed by atoms with Crippen LogP contribution in [-0.4, -0.2) is 42.3 Å². The number of carbonyl (C=O) groups excluding carboxylic acids is 1. The highest BCUT2D eigenvalue weighted by Crippen LogP contribution is 2.26. The number of nitrogens with zero attached hydrogens (tertiary/aromatic N) is 3. The summed E-state index contributed by atoms with van der Waals surface area (Å²) < 4.78 is 29.1. The van der Waals surface area contributed by atoms with Gasteiger partial charge < -0.3 is 0 Å². The zero-order valence-electron chi connectivity index (χ0n) is 17.4. The number of hydrogen-bond donors (Lipinski definition) is 0. The highest BCUT2D eigenvalue weighted by molar-refractivity contribution is 7.89. The third-order valence-corrected chi connectivity index (χ3v) is 6.87. The molecule has 2 heterocycles. The lowest BCUT2D eigenvalue weighted by Gasteiger charge is -2.34. The first-order chi connectivity index (χ1) is 13.7. The van der Waals surface area contributed by atoms with Gasteiger partial charge in [-0.05, 0) is 68.5 Å². The van der Waals surface area contributed by atoms with Crippen molar-refractivity contribution in [3.63, 3.8) is 0 Å². The average Bonchev–Trinajstić information content (AvgIpc) is 2.67. The van der Waals surface area contributed by atoms with Crippen molar-refractivity contribution in [2.75, 3.05) is 13.1 Å². The van der Waals surface area contributed by atoms with E-state index in [1.807, 2.05) is 19.9 Å². The topological polar surface area (TPSA) is 71.7 Å². The molecule has 0 saturated carbocycles. The largest absolute Gasteiger partial charge is 0.268 e. The van der Waals surface area contributed by atoms with Gasteiger partial charge in [-0.25, -0.2) is 8.42 Å². The predicted octanol–water partition coefficient (Wildman–Crippen LogP) is 3.15. The monoisotopic (exact) mass is 415 g/mol. The Labute approximate surface area is 173 Å². The van der Waals surface area contributed by atoms with Gasteiger partial charge in [0.25, 0.3) is 5.91 Å². The lowest BCUT2D eigenvalue weighted by Crippen LogP contribution is -2.42. The predicted molar refractivity (Wildman–Crippen MR) is 113 cm³/mol. The Hall–Kier alpha value is -2.25. The molecular weight excluding hydrogens is 386 g/mol. The second-order valence-electron chi connectivity index (χ2n) is 8.25. The molecule has 2 atom stereocenters. The number of pyridine rings is 1. The molecule has 156 valence electrons. The van der Waals surface area contributed by atoms with Gasteiger partial charge in [-0.1, -0.05) is 19.9 Å². The minimum atomic E-state index is -3.56. The quantitative estimate of drug-likeness (QED) is 0.770. The molecule has 2 aromatic rings. The standard InChI is InChI=1S/C22H29N3O3S/c1-16(2)23-21-7-5-6-12-25(21)22(26)19-8-10-20(11-9-19)29(27,28)24-14-17(3)13-18(4)15-24/h5-12,16-18H,13-15H2,1-4H3. The van der Waals surface area contributed by atoms with Gasteiger partial charge in [-0.2, -0.15) is 4.31 Å². The zero-order chi connectivity index (χ0) is 21.2. The van der Waals surface area contributed by atoms with Crippen LogP contribution in [0.1, 0.15) is 44.5 Å². The molecule has 1 saturated heterocycles. The number of rotatable bonds is 4. The Morgan fingerprint density at radius 2 is 1.66 bits per heavy atom. The minimum Gasteiger partial charge on any atom is -0.268 e. The molecule has 0 spiro atoms. The highest BCUT2D eigenvalue weighted by atomic mass is 32.2. The first kappa shape index (κ1) is 21.5. The zero-order valence-corrected chi connectivity index (χ0v) is 18.3. The second-order valence-corrected chi connectivity index (χ2v) is 10.2. The first-order valence-corrected chi connectivity index (χ1v) is 11.5. The van der Waals surface area contributed by atoms with Crippen molar-refractivity contribution in [2.45, 2.75) is 45.1 Å². The Morgan fingerprint density at radius 1 is 1.03 bits per heavy atom. The fourth-order valence-electron chi connectivity index (χ4n) is 3.84. The summed E-state index contributed by atoms with van der Waals surface area (Å²) in [6.45, 7) is 9.13. The van der Waals surface area contributed by atoms with Crippen molar-refractivity contribution in [1.82, 2.24) is 8.87 Å². The SMILES string of the molecule is CC1CC(C)CN(S(=O)(=O)c2ccc(C(=O)n3ccccc3=NC(C)C)cc2)C1. The maximum absolute atomic E-state index is 13.0. The van der Waals surface area contributed by atoms with Crippen molar-refractivity contribution in [3.8, 4) is 0 Å². The summed E-state index contributed by atoms with van der Waals surface area (Å²) in [5, 5.41) is 0. The van der Waals surface area contributed by atoms with Gasteiger partial charge in [0.2, 0.25) is 10.0 Å². The van der Waals surface area contributed by atoms with Gasteiger partial charge in [0, 0.05) is 30.9 Å². The summed E-state index contributed by atoms with van der Waals surface area (Å²) in [6.07, 6.45) is 2.71. The molecule has 1 aromatic heterocycles.